The van der Waals surface area contributed by atoms with Gasteiger partial charge in [0.15, 0.2) is 9.84 Å². The van der Waals surface area contributed by atoms with E-state index in [4.69, 9.17) is 0 Å². The summed E-state index contributed by atoms with van der Waals surface area (Å²) in [6.07, 6.45) is 2.57. The van der Waals surface area contributed by atoms with E-state index in [0.29, 0.717) is 4.47 Å². The first-order valence-corrected chi connectivity index (χ1v) is 8.71. The van der Waals surface area contributed by atoms with Crippen LogP contribution in [0.25, 0.3) is 0 Å². The molecule has 0 fully saturated rings. The second-order valence-corrected chi connectivity index (χ2v) is 7.31. The van der Waals surface area contributed by atoms with E-state index >= 15 is 0 Å². The second kappa shape index (κ2) is 6.32. The Bertz CT molecular complexity index is 829. The van der Waals surface area contributed by atoms with Crippen LogP contribution in [-0.2, 0) is 9.84 Å². The van der Waals surface area contributed by atoms with Crippen molar-refractivity contribution in [3.05, 3.63) is 52.3 Å². The Balaban J connectivity index is 2.12. The zero-order chi connectivity index (χ0) is 16.3. The Hall–Kier alpha value is -2.13. The Morgan fingerprint density at radius 2 is 1.77 bits per heavy atom. The summed E-state index contributed by atoms with van der Waals surface area (Å²) >= 11 is 3.18. The summed E-state index contributed by atoms with van der Waals surface area (Å²) < 4.78 is 24.0. The molecular formula is C13H12BrN3O4S. The fourth-order valence-electron chi connectivity index (χ4n) is 1.72. The van der Waals surface area contributed by atoms with Crippen LogP contribution in [0.1, 0.15) is 20.8 Å². The van der Waals surface area contributed by atoms with Crippen molar-refractivity contribution in [3.63, 3.8) is 0 Å². The molecule has 0 aliphatic heterocycles. The molecule has 0 spiro atoms. The molecule has 1 aromatic carbocycles. The lowest BCUT2D eigenvalue weighted by Crippen LogP contribution is -2.42. The SMILES string of the molecule is CS(=O)(=O)c1ccccc1C(=O)NNC(=O)c1cc(Br)c[nH]1. The number of hydrogen-bond acceptors (Lipinski definition) is 4. The minimum absolute atomic E-state index is 0.0435. The molecular weight excluding hydrogens is 374 g/mol. The van der Waals surface area contributed by atoms with Crippen LogP contribution in [-0.4, -0.2) is 31.5 Å². The third-order valence-electron chi connectivity index (χ3n) is 2.71. The molecule has 0 saturated heterocycles. The standard InChI is InChI=1S/C13H12BrN3O4S/c1-22(20,21)11-5-3-2-4-9(11)12(18)16-17-13(19)10-6-8(14)7-15-10/h2-7,15H,1H3,(H,16,18)(H,17,19). The van der Waals surface area contributed by atoms with Crippen LogP contribution >= 0.6 is 15.9 Å². The van der Waals surface area contributed by atoms with Crippen molar-refractivity contribution < 1.29 is 18.0 Å². The number of aromatic amines is 1. The van der Waals surface area contributed by atoms with Crippen molar-refractivity contribution in [2.24, 2.45) is 0 Å². The van der Waals surface area contributed by atoms with E-state index in [-0.39, 0.29) is 16.2 Å². The smallest absolute Gasteiger partial charge is 0.286 e. The van der Waals surface area contributed by atoms with Gasteiger partial charge in [0.05, 0.1) is 10.5 Å². The third-order valence-corrected chi connectivity index (χ3v) is 4.33. The van der Waals surface area contributed by atoms with E-state index in [1.54, 1.807) is 6.20 Å². The van der Waals surface area contributed by atoms with E-state index in [9.17, 15) is 18.0 Å². The molecule has 2 amide bonds. The molecule has 116 valence electrons. The van der Waals surface area contributed by atoms with Gasteiger partial charge in [-0.2, -0.15) is 0 Å². The van der Waals surface area contributed by atoms with Crippen molar-refractivity contribution in [2.45, 2.75) is 4.90 Å². The molecule has 3 N–H and O–H groups in total. The highest BCUT2D eigenvalue weighted by Crippen LogP contribution is 2.15. The molecule has 0 saturated carbocycles. The van der Waals surface area contributed by atoms with Gasteiger partial charge in [-0.05, 0) is 34.1 Å². The number of amides is 2. The summed E-state index contributed by atoms with van der Waals surface area (Å²) in [4.78, 5) is 26.4. The number of halogens is 1. The average Bonchev–Trinajstić information content (AvgIpc) is 2.90. The summed E-state index contributed by atoms with van der Waals surface area (Å²) in [6, 6.07) is 7.28. The van der Waals surface area contributed by atoms with Gasteiger partial charge in [0, 0.05) is 16.9 Å². The monoisotopic (exact) mass is 385 g/mol. The summed E-state index contributed by atoms with van der Waals surface area (Å²) in [5.41, 5.74) is 4.58. The largest absolute Gasteiger partial charge is 0.356 e. The number of hydrogen-bond donors (Lipinski definition) is 3. The first kappa shape index (κ1) is 16.2. The number of nitrogens with one attached hydrogen (secondary N) is 3. The lowest BCUT2D eigenvalue weighted by atomic mass is 10.2. The van der Waals surface area contributed by atoms with Gasteiger partial charge in [0.25, 0.3) is 11.8 Å². The quantitative estimate of drug-likeness (QED) is 0.690. The molecule has 0 atom stereocenters. The van der Waals surface area contributed by atoms with Gasteiger partial charge in [-0.25, -0.2) is 8.42 Å². The van der Waals surface area contributed by atoms with Gasteiger partial charge in [0.1, 0.15) is 5.69 Å². The number of aromatic nitrogens is 1. The lowest BCUT2D eigenvalue weighted by molar-refractivity contribution is 0.0842. The van der Waals surface area contributed by atoms with Crippen LogP contribution in [0, 0.1) is 0 Å². The van der Waals surface area contributed by atoms with Crippen molar-refractivity contribution in [3.8, 4) is 0 Å². The highest BCUT2D eigenvalue weighted by molar-refractivity contribution is 9.10. The van der Waals surface area contributed by atoms with E-state index in [1.807, 2.05) is 0 Å². The molecule has 0 aliphatic carbocycles. The zero-order valence-electron chi connectivity index (χ0n) is 11.4. The normalized spacial score (nSPS) is 11.0. The van der Waals surface area contributed by atoms with E-state index < -0.39 is 21.7 Å². The fourth-order valence-corrected chi connectivity index (χ4v) is 2.95. The molecule has 1 heterocycles. The molecule has 9 heteroatoms. The molecule has 7 nitrogen and oxygen atoms in total. The number of sulfone groups is 1. The van der Waals surface area contributed by atoms with Crippen LogP contribution in [0.4, 0.5) is 0 Å². The number of benzene rings is 1. The number of rotatable bonds is 3. The molecule has 0 unspecified atom stereocenters. The van der Waals surface area contributed by atoms with Gasteiger partial charge in [0.2, 0.25) is 0 Å². The molecule has 22 heavy (non-hydrogen) atoms. The van der Waals surface area contributed by atoms with Gasteiger partial charge >= 0.3 is 0 Å². The topological polar surface area (TPSA) is 108 Å². The van der Waals surface area contributed by atoms with E-state index in [0.717, 1.165) is 6.26 Å². The van der Waals surface area contributed by atoms with Gasteiger partial charge in [-0.3, -0.25) is 20.4 Å². The molecule has 0 bridgehead atoms. The Morgan fingerprint density at radius 1 is 1.14 bits per heavy atom. The Labute approximate surface area is 135 Å². The van der Waals surface area contributed by atoms with Crippen molar-refractivity contribution >= 4 is 37.6 Å². The first-order valence-electron chi connectivity index (χ1n) is 6.02. The summed E-state index contributed by atoms with van der Waals surface area (Å²) in [7, 11) is -3.55. The highest BCUT2D eigenvalue weighted by Gasteiger charge is 2.18. The number of carbonyl (C=O) groups excluding carboxylic acids is 2. The molecule has 0 radical (unpaired) electrons. The summed E-state index contributed by atoms with van der Waals surface area (Å²) in [6.45, 7) is 0. The van der Waals surface area contributed by atoms with E-state index in [2.05, 4.69) is 31.8 Å². The average molecular weight is 386 g/mol. The fraction of sp³-hybridized carbons (Fsp3) is 0.0769. The van der Waals surface area contributed by atoms with Crippen LogP contribution in [0.15, 0.2) is 45.9 Å². The van der Waals surface area contributed by atoms with Gasteiger partial charge in [-0.1, -0.05) is 12.1 Å². The maximum Gasteiger partial charge on any atom is 0.286 e. The molecule has 2 aromatic rings. The number of hydrazine groups is 1. The predicted octanol–water partition coefficient (Wildman–Crippen LogP) is 1.26. The summed E-state index contributed by atoms with van der Waals surface area (Å²) in [5.74, 6) is -1.28. The Kier molecular flexibility index (Phi) is 4.67. The van der Waals surface area contributed by atoms with Crippen LogP contribution in [0.2, 0.25) is 0 Å². The minimum Gasteiger partial charge on any atom is -0.356 e. The van der Waals surface area contributed by atoms with Gasteiger partial charge in [-0.15, -0.1) is 0 Å². The first-order chi connectivity index (χ1) is 10.3. The van der Waals surface area contributed by atoms with Crippen LogP contribution in [0.3, 0.4) is 0 Å². The molecule has 1 aromatic heterocycles. The van der Waals surface area contributed by atoms with Crippen molar-refractivity contribution in [2.75, 3.05) is 6.26 Å². The van der Waals surface area contributed by atoms with Gasteiger partial charge < -0.3 is 4.98 Å². The highest BCUT2D eigenvalue weighted by atomic mass is 79.9. The number of carbonyl (C=O) groups is 2. The second-order valence-electron chi connectivity index (χ2n) is 4.41. The third kappa shape index (κ3) is 3.74. The molecule has 0 aliphatic rings. The zero-order valence-corrected chi connectivity index (χ0v) is 13.8. The predicted molar refractivity (Wildman–Crippen MR) is 83.0 cm³/mol. The van der Waals surface area contributed by atoms with Crippen molar-refractivity contribution in [1.29, 1.82) is 0 Å². The maximum atomic E-state index is 12.0. The molecule has 2 rings (SSSR count). The lowest BCUT2D eigenvalue weighted by Gasteiger charge is -2.09. The summed E-state index contributed by atoms with van der Waals surface area (Å²) in [5, 5.41) is 0. The van der Waals surface area contributed by atoms with Crippen LogP contribution in [0.5, 0.6) is 0 Å². The number of H-pyrrole nitrogens is 1. The van der Waals surface area contributed by atoms with Crippen molar-refractivity contribution in [1.82, 2.24) is 15.8 Å². The van der Waals surface area contributed by atoms with E-state index in [1.165, 1.54) is 30.3 Å². The Morgan fingerprint density at radius 3 is 2.36 bits per heavy atom. The maximum absolute atomic E-state index is 12.0. The van der Waals surface area contributed by atoms with Crippen LogP contribution < -0.4 is 10.9 Å². The minimum atomic E-state index is -3.55.